The molecule has 2 aromatic carbocycles. The molecule has 0 heterocycles. The second kappa shape index (κ2) is 7.51. The Morgan fingerprint density at radius 1 is 1.14 bits per heavy atom. The molecular weight excluding hydrogens is 290 g/mol. The summed E-state index contributed by atoms with van der Waals surface area (Å²) in [6, 6.07) is 11.9. The summed E-state index contributed by atoms with van der Waals surface area (Å²) in [5.74, 6) is -1.94. The predicted octanol–water partition coefficient (Wildman–Crippen LogP) is 2.89. The number of carbonyl (C=O) groups is 1. The van der Waals surface area contributed by atoms with Gasteiger partial charge in [-0.05, 0) is 23.3 Å². The number of nitrogens with one attached hydrogen (secondary N) is 1. The molecule has 0 radical (unpaired) electrons. The summed E-state index contributed by atoms with van der Waals surface area (Å²) in [7, 11) is 0. The van der Waals surface area contributed by atoms with Gasteiger partial charge in [-0.25, -0.2) is 13.6 Å². The normalized spacial score (nSPS) is 11.8. The van der Waals surface area contributed by atoms with Crippen LogP contribution in [-0.4, -0.2) is 12.6 Å². The number of amides is 1. The molecule has 3 N–H and O–H groups in total. The Balaban J connectivity index is 1.94. The standard InChI is InChI=1S/C16H16F2N2O2/c17-13-7-6-12(8-14(13)18)15(9-19)20-16(21)22-10-11-4-2-1-3-5-11/h1-8,15H,9-10,19H2,(H,20,21). The molecule has 0 aliphatic rings. The van der Waals surface area contributed by atoms with E-state index in [1.165, 1.54) is 6.07 Å². The number of ether oxygens (including phenoxy) is 1. The largest absolute Gasteiger partial charge is 0.445 e. The molecule has 0 saturated heterocycles. The van der Waals surface area contributed by atoms with Crippen molar-refractivity contribution in [1.82, 2.24) is 5.32 Å². The molecule has 1 unspecified atom stereocenters. The number of benzene rings is 2. The number of rotatable bonds is 5. The first-order valence-corrected chi connectivity index (χ1v) is 6.72. The fourth-order valence-electron chi connectivity index (χ4n) is 1.91. The second-order valence-corrected chi connectivity index (χ2v) is 4.67. The summed E-state index contributed by atoms with van der Waals surface area (Å²) in [5, 5.41) is 2.52. The van der Waals surface area contributed by atoms with E-state index in [9.17, 15) is 13.6 Å². The molecule has 1 atom stereocenters. The summed E-state index contributed by atoms with van der Waals surface area (Å²) in [4.78, 5) is 11.8. The van der Waals surface area contributed by atoms with E-state index in [1.807, 2.05) is 30.3 Å². The van der Waals surface area contributed by atoms with Crippen molar-refractivity contribution in [3.8, 4) is 0 Å². The quantitative estimate of drug-likeness (QED) is 0.892. The lowest BCUT2D eigenvalue weighted by Crippen LogP contribution is -2.33. The van der Waals surface area contributed by atoms with Crippen molar-refractivity contribution < 1.29 is 18.3 Å². The molecule has 2 aromatic rings. The topological polar surface area (TPSA) is 64.3 Å². The van der Waals surface area contributed by atoms with E-state index in [1.54, 1.807) is 0 Å². The van der Waals surface area contributed by atoms with Crippen molar-refractivity contribution in [1.29, 1.82) is 0 Å². The number of hydrogen-bond acceptors (Lipinski definition) is 3. The van der Waals surface area contributed by atoms with Gasteiger partial charge >= 0.3 is 6.09 Å². The maximum Gasteiger partial charge on any atom is 0.407 e. The number of hydrogen-bond donors (Lipinski definition) is 2. The summed E-state index contributed by atoms with van der Waals surface area (Å²) < 4.78 is 31.2. The molecule has 0 bridgehead atoms. The Morgan fingerprint density at radius 2 is 1.86 bits per heavy atom. The molecule has 4 nitrogen and oxygen atoms in total. The van der Waals surface area contributed by atoms with E-state index < -0.39 is 23.8 Å². The molecule has 0 spiro atoms. The molecule has 0 fully saturated rings. The van der Waals surface area contributed by atoms with Gasteiger partial charge in [0.2, 0.25) is 0 Å². The molecule has 22 heavy (non-hydrogen) atoms. The fourth-order valence-corrected chi connectivity index (χ4v) is 1.91. The van der Waals surface area contributed by atoms with Crippen LogP contribution in [0.3, 0.4) is 0 Å². The third kappa shape index (κ3) is 4.26. The van der Waals surface area contributed by atoms with Crippen LogP contribution >= 0.6 is 0 Å². The lowest BCUT2D eigenvalue weighted by atomic mass is 10.1. The Bertz CT molecular complexity index is 635. The van der Waals surface area contributed by atoms with Gasteiger partial charge in [0.1, 0.15) is 6.61 Å². The van der Waals surface area contributed by atoms with Crippen LogP contribution in [0.4, 0.5) is 13.6 Å². The molecule has 6 heteroatoms. The molecule has 2 rings (SSSR count). The van der Waals surface area contributed by atoms with Crippen molar-refractivity contribution in [2.75, 3.05) is 6.54 Å². The SMILES string of the molecule is NCC(NC(=O)OCc1ccccc1)c1ccc(F)c(F)c1. The van der Waals surface area contributed by atoms with Crippen LogP contribution in [0.2, 0.25) is 0 Å². The van der Waals surface area contributed by atoms with E-state index in [2.05, 4.69) is 5.32 Å². The Labute approximate surface area is 126 Å². The second-order valence-electron chi connectivity index (χ2n) is 4.67. The molecule has 0 saturated carbocycles. The summed E-state index contributed by atoms with van der Waals surface area (Å²) in [5.41, 5.74) is 6.78. The zero-order valence-electron chi connectivity index (χ0n) is 11.8. The van der Waals surface area contributed by atoms with Gasteiger partial charge in [-0.1, -0.05) is 36.4 Å². The number of halogens is 2. The lowest BCUT2D eigenvalue weighted by Gasteiger charge is -2.17. The van der Waals surface area contributed by atoms with E-state index in [0.717, 1.165) is 17.7 Å². The highest BCUT2D eigenvalue weighted by Crippen LogP contribution is 2.16. The highest BCUT2D eigenvalue weighted by Gasteiger charge is 2.15. The van der Waals surface area contributed by atoms with Crippen LogP contribution in [0.25, 0.3) is 0 Å². The van der Waals surface area contributed by atoms with Crippen molar-refractivity contribution in [2.24, 2.45) is 5.73 Å². The first-order chi connectivity index (χ1) is 10.6. The van der Waals surface area contributed by atoms with Crippen LogP contribution < -0.4 is 11.1 Å². The minimum Gasteiger partial charge on any atom is -0.445 e. The van der Waals surface area contributed by atoms with Gasteiger partial charge < -0.3 is 15.8 Å². The monoisotopic (exact) mass is 306 g/mol. The fraction of sp³-hybridized carbons (Fsp3) is 0.188. The third-order valence-corrected chi connectivity index (χ3v) is 3.09. The maximum absolute atomic E-state index is 13.2. The minimum atomic E-state index is -0.990. The number of carbonyl (C=O) groups excluding carboxylic acids is 1. The van der Waals surface area contributed by atoms with E-state index in [0.29, 0.717) is 5.56 Å². The van der Waals surface area contributed by atoms with E-state index >= 15 is 0 Å². The summed E-state index contributed by atoms with van der Waals surface area (Å²) in [6.45, 7) is 0.146. The average Bonchev–Trinajstić information content (AvgIpc) is 2.54. The zero-order valence-corrected chi connectivity index (χ0v) is 11.8. The van der Waals surface area contributed by atoms with Gasteiger partial charge in [0, 0.05) is 6.54 Å². The number of alkyl carbamates (subject to hydrolysis) is 1. The van der Waals surface area contributed by atoms with Gasteiger partial charge in [0.25, 0.3) is 0 Å². The van der Waals surface area contributed by atoms with E-state index in [-0.39, 0.29) is 13.2 Å². The molecule has 0 aliphatic heterocycles. The number of nitrogens with two attached hydrogens (primary N) is 1. The van der Waals surface area contributed by atoms with Crippen molar-refractivity contribution >= 4 is 6.09 Å². The summed E-state index contributed by atoms with van der Waals surface area (Å²) in [6.07, 6.45) is -0.677. The first-order valence-electron chi connectivity index (χ1n) is 6.72. The molecular formula is C16H16F2N2O2. The molecule has 0 aliphatic carbocycles. The first kappa shape index (κ1) is 15.9. The van der Waals surface area contributed by atoms with Gasteiger partial charge in [-0.2, -0.15) is 0 Å². The smallest absolute Gasteiger partial charge is 0.407 e. The molecule has 1 amide bonds. The molecule has 0 aromatic heterocycles. The van der Waals surface area contributed by atoms with Crippen molar-refractivity contribution in [3.63, 3.8) is 0 Å². The van der Waals surface area contributed by atoms with Gasteiger partial charge in [-0.3, -0.25) is 0 Å². The maximum atomic E-state index is 13.2. The average molecular weight is 306 g/mol. The van der Waals surface area contributed by atoms with Crippen LogP contribution in [0.1, 0.15) is 17.2 Å². The van der Waals surface area contributed by atoms with Crippen LogP contribution in [0.5, 0.6) is 0 Å². The highest BCUT2D eigenvalue weighted by atomic mass is 19.2. The van der Waals surface area contributed by atoms with Gasteiger partial charge in [0.05, 0.1) is 6.04 Å². The third-order valence-electron chi connectivity index (χ3n) is 3.09. The van der Waals surface area contributed by atoms with Crippen LogP contribution in [-0.2, 0) is 11.3 Å². The van der Waals surface area contributed by atoms with Crippen LogP contribution in [0, 0.1) is 11.6 Å². The van der Waals surface area contributed by atoms with Crippen LogP contribution in [0.15, 0.2) is 48.5 Å². The predicted molar refractivity (Wildman–Crippen MR) is 77.9 cm³/mol. The van der Waals surface area contributed by atoms with Crippen molar-refractivity contribution in [2.45, 2.75) is 12.6 Å². The highest BCUT2D eigenvalue weighted by molar-refractivity contribution is 5.68. The lowest BCUT2D eigenvalue weighted by molar-refractivity contribution is 0.136. The molecule has 116 valence electrons. The Hall–Kier alpha value is -2.47. The van der Waals surface area contributed by atoms with E-state index in [4.69, 9.17) is 10.5 Å². The van der Waals surface area contributed by atoms with Gasteiger partial charge in [-0.15, -0.1) is 0 Å². The Kier molecular flexibility index (Phi) is 5.43. The van der Waals surface area contributed by atoms with Gasteiger partial charge in [0.15, 0.2) is 11.6 Å². The zero-order chi connectivity index (χ0) is 15.9. The Morgan fingerprint density at radius 3 is 2.50 bits per heavy atom. The minimum absolute atomic E-state index is 0.0332. The van der Waals surface area contributed by atoms with Crippen molar-refractivity contribution in [3.05, 3.63) is 71.3 Å². The summed E-state index contributed by atoms with van der Waals surface area (Å²) >= 11 is 0.